The van der Waals surface area contributed by atoms with Crippen molar-refractivity contribution in [3.63, 3.8) is 0 Å². The second-order valence-corrected chi connectivity index (χ2v) is 8.09. The van der Waals surface area contributed by atoms with E-state index in [1.165, 1.54) is 11.3 Å². The smallest absolute Gasteiger partial charge is 0.265 e. The van der Waals surface area contributed by atoms with E-state index in [2.05, 4.69) is 16.0 Å². The highest BCUT2D eigenvalue weighted by molar-refractivity contribution is 7.12. The zero-order valence-electron chi connectivity index (χ0n) is 16.2. The summed E-state index contributed by atoms with van der Waals surface area (Å²) in [6, 6.07) is 17.9. The first-order chi connectivity index (χ1) is 14.6. The number of nitrogens with one attached hydrogen (secondary N) is 3. The Morgan fingerprint density at radius 2 is 1.67 bits per heavy atom. The first-order valence-electron chi connectivity index (χ1n) is 9.71. The molecule has 1 aliphatic carbocycles. The number of amides is 3. The Morgan fingerprint density at radius 3 is 2.37 bits per heavy atom. The molecule has 7 heteroatoms. The average molecular weight is 420 g/mol. The van der Waals surface area contributed by atoms with Crippen LogP contribution in [-0.2, 0) is 6.54 Å². The lowest BCUT2D eigenvalue weighted by Crippen LogP contribution is -2.25. The largest absolute Gasteiger partial charge is 0.349 e. The molecule has 152 valence electrons. The number of hydrogen-bond acceptors (Lipinski definition) is 4. The zero-order chi connectivity index (χ0) is 20.9. The summed E-state index contributed by atoms with van der Waals surface area (Å²) >= 11 is 1.36. The fourth-order valence-electron chi connectivity index (χ4n) is 2.89. The molecule has 0 saturated heterocycles. The lowest BCUT2D eigenvalue weighted by Gasteiger charge is -2.09. The second kappa shape index (κ2) is 8.92. The second-order valence-electron chi connectivity index (χ2n) is 7.14. The van der Waals surface area contributed by atoms with Gasteiger partial charge in [0, 0.05) is 29.4 Å². The highest BCUT2D eigenvalue weighted by Gasteiger charge is 2.23. The van der Waals surface area contributed by atoms with Crippen LogP contribution < -0.4 is 16.0 Å². The minimum Gasteiger partial charge on any atom is -0.349 e. The maximum atomic E-state index is 12.5. The van der Waals surface area contributed by atoms with Gasteiger partial charge in [0.2, 0.25) is 0 Å². The fourth-order valence-corrected chi connectivity index (χ4v) is 3.51. The summed E-state index contributed by atoms with van der Waals surface area (Å²) in [5.74, 6) is -0.499. The van der Waals surface area contributed by atoms with Gasteiger partial charge in [0.25, 0.3) is 17.7 Å². The van der Waals surface area contributed by atoms with E-state index in [0.29, 0.717) is 34.3 Å². The minimum atomic E-state index is -0.238. The Morgan fingerprint density at radius 1 is 0.867 bits per heavy atom. The van der Waals surface area contributed by atoms with Gasteiger partial charge in [-0.2, -0.15) is 0 Å². The summed E-state index contributed by atoms with van der Waals surface area (Å²) in [5.41, 5.74) is 2.53. The van der Waals surface area contributed by atoms with Crippen molar-refractivity contribution in [2.45, 2.75) is 25.4 Å². The van der Waals surface area contributed by atoms with E-state index in [1.54, 1.807) is 42.5 Å². The third-order valence-electron chi connectivity index (χ3n) is 4.71. The maximum absolute atomic E-state index is 12.5. The molecule has 1 aromatic heterocycles. The van der Waals surface area contributed by atoms with Gasteiger partial charge in [-0.3, -0.25) is 14.4 Å². The molecule has 3 aromatic rings. The third-order valence-corrected chi connectivity index (χ3v) is 5.58. The lowest BCUT2D eigenvalue weighted by atomic mass is 10.1. The Balaban J connectivity index is 1.32. The van der Waals surface area contributed by atoms with Crippen molar-refractivity contribution in [3.05, 3.63) is 87.6 Å². The van der Waals surface area contributed by atoms with Crippen LogP contribution in [0.1, 0.15) is 48.8 Å². The Kier molecular flexibility index (Phi) is 5.90. The molecule has 6 nitrogen and oxygen atoms in total. The van der Waals surface area contributed by atoms with Crippen LogP contribution >= 0.6 is 11.3 Å². The first kappa shape index (κ1) is 19.8. The van der Waals surface area contributed by atoms with E-state index in [0.717, 1.165) is 18.4 Å². The monoisotopic (exact) mass is 419 g/mol. The Bertz CT molecular complexity index is 1060. The van der Waals surface area contributed by atoms with E-state index in [-0.39, 0.29) is 17.7 Å². The summed E-state index contributed by atoms with van der Waals surface area (Å²) in [6.45, 7) is 0.342. The first-order valence-corrected chi connectivity index (χ1v) is 10.6. The van der Waals surface area contributed by atoms with Crippen LogP contribution in [0.15, 0.2) is 66.0 Å². The molecule has 0 unspecified atom stereocenters. The van der Waals surface area contributed by atoms with Crippen LogP contribution in [0.5, 0.6) is 0 Å². The Labute approximate surface area is 178 Å². The molecule has 1 heterocycles. The molecular formula is C23H21N3O3S. The summed E-state index contributed by atoms with van der Waals surface area (Å²) in [7, 11) is 0. The molecule has 0 aliphatic heterocycles. The number of anilines is 1. The molecule has 2 aromatic carbocycles. The summed E-state index contributed by atoms with van der Waals surface area (Å²) in [6.07, 6.45) is 2.10. The SMILES string of the molecule is O=C(NCc1ccc(C(=O)NC2CC2)cc1)c1cccc(NC(=O)c2cccs2)c1. The minimum absolute atomic E-state index is 0.0607. The molecule has 3 N–H and O–H groups in total. The van der Waals surface area contributed by atoms with E-state index in [4.69, 9.17) is 0 Å². The number of carbonyl (C=O) groups excluding carboxylic acids is 3. The van der Waals surface area contributed by atoms with Gasteiger partial charge >= 0.3 is 0 Å². The predicted octanol–water partition coefficient (Wildman–Crippen LogP) is 3.82. The van der Waals surface area contributed by atoms with Crippen molar-refractivity contribution < 1.29 is 14.4 Å². The Hall–Kier alpha value is -3.45. The predicted molar refractivity (Wildman–Crippen MR) is 117 cm³/mol. The molecule has 30 heavy (non-hydrogen) atoms. The average Bonchev–Trinajstić information content (AvgIpc) is 3.40. The van der Waals surface area contributed by atoms with Gasteiger partial charge in [-0.15, -0.1) is 11.3 Å². The van der Waals surface area contributed by atoms with Crippen LogP contribution in [0.3, 0.4) is 0 Å². The molecule has 0 atom stereocenters. The molecule has 1 saturated carbocycles. The molecule has 0 radical (unpaired) electrons. The summed E-state index contributed by atoms with van der Waals surface area (Å²) in [5, 5.41) is 10.5. The number of hydrogen-bond donors (Lipinski definition) is 3. The lowest BCUT2D eigenvalue weighted by molar-refractivity contribution is 0.0941. The quantitative estimate of drug-likeness (QED) is 0.544. The van der Waals surface area contributed by atoms with Crippen molar-refractivity contribution >= 4 is 34.7 Å². The van der Waals surface area contributed by atoms with Crippen molar-refractivity contribution in [1.29, 1.82) is 0 Å². The molecule has 0 bridgehead atoms. The van der Waals surface area contributed by atoms with Gasteiger partial charge in [-0.05, 0) is 60.2 Å². The molecular weight excluding hydrogens is 398 g/mol. The van der Waals surface area contributed by atoms with Crippen molar-refractivity contribution in [2.75, 3.05) is 5.32 Å². The van der Waals surface area contributed by atoms with Gasteiger partial charge in [-0.25, -0.2) is 0 Å². The molecule has 0 spiro atoms. The van der Waals surface area contributed by atoms with Gasteiger partial charge in [0.15, 0.2) is 0 Å². The van der Waals surface area contributed by atoms with Crippen molar-refractivity contribution in [1.82, 2.24) is 10.6 Å². The molecule has 1 aliphatic rings. The van der Waals surface area contributed by atoms with Crippen molar-refractivity contribution in [2.24, 2.45) is 0 Å². The van der Waals surface area contributed by atoms with Crippen LogP contribution in [0.25, 0.3) is 0 Å². The molecule has 1 fully saturated rings. The summed E-state index contributed by atoms with van der Waals surface area (Å²) in [4.78, 5) is 37.3. The van der Waals surface area contributed by atoms with E-state index in [9.17, 15) is 14.4 Å². The van der Waals surface area contributed by atoms with E-state index < -0.39 is 0 Å². The number of thiophene rings is 1. The van der Waals surface area contributed by atoms with Gasteiger partial charge < -0.3 is 16.0 Å². The van der Waals surface area contributed by atoms with Gasteiger partial charge in [0.05, 0.1) is 4.88 Å². The third kappa shape index (κ3) is 5.12. The van der Waals surface area contributed by atoms with E-state index >= 15 is 0 Å². The standard InChI is InChI=1S/C23H21N3O3S/c27-21(17-3-1-4-19(13-17)26-23(29)20-5-2-12-30-20)24-14-15-6-8-16(9-7-15)22(28)25-18-10-11-18/h1-9,12-13,18H,10-11,14H2,(H,24,27)(H,25,28)(H,26,29). The highest BCUT2D eigenvalue weighted by Crippen LogP contribution is 2.19. The normalized spacial score (nSPS) is 12.8. The van der Waals surface area contributed by atoms with E-state index in [1.807, 2.05) is 23.6 Å². The van der Waals surface area contributed by atoms with Gasteiger partial charge in [-0.1, -0.05) is 24.3 Å². The van der Waals surface area contributed by atoms with Gasteiger partial charge in [0.1, 0.15) is 0 Å². The van der Waals surface area contributed by atoms with Crippen LogP contribution in [-0.4, -0.2) is 23.8 Å². The molecule has 4 rings (SSSR count). The van der Waals surface area contributed by atoms with Crippen LogP contribution in [0.2, 0.25) is 0 Å². The number of benzene rings is 2. The van der Waals surface area contributed by atoms with Crippen molar-refractivity contribution in [3.8, 4) is 0 Å². The van der Waals surface area contributed by atoms with Crippen LogP contribution in [0, 0.1) is 0 Å². The maximum Gasteiger partial charge on any atom is 0.265 e. The van der Waals surface area contributed by atoms with Crippen LogP contribution in [0.4, 0.5) is 5.69 Å². The fraction of sp³-hybridized carbons (Fsp3) is 0.174. The summed E-state index contributed by atoms with van der Waals surface area (Å²) < 4.78 is 0. The highest BCUT2D eigenvalue weighted by atomic mass is 32.1. The zero-order valence-corrected chi connectivity index (χ0v) is 17.0. The molecule has 3 amide bonds. The number of rotatable bonds is 7. The topological polar surface area (TPSA) is 87.3 Å². The number of carbonyl (C=O) groups is 3.